The molecule has 4 aliphatic carbocycles. The molecule has 2 N–H and O–H groups in total. The molecule has 0 aromatic rings. The second kappa shape index (κ2) is 6.23. The van der Waals surface area contributed by atoms with Crippen LogP contribution in [-0.4, -0.2) is 21.9 Å². The first-order chi connectivity index (χ1) is 11.8. The van der Waals surface area contributed by atoms with Crippen molar-refractivity contribution in [1.29, 1.82) is 0 Å². The van der Waals surface area contributed by atoms with Gasteiger partial charge >= 0.3 is 0 Å². The van der Waals surface area contributed by atoms with Gasteiger partial charge in [0.1, 0.15) is 0 Å². The number of hydrogen-bond donors (Lipinski definition) is 2. The Balaban J connectivity index is 1.60. The van der Waals surface area contributed by atoms with E-state index in [-0.39, 0.29) is 6.10 Å². The van der Waals surface area contributed by atoms with Crippen LogP contribution in [0.25, 0.3) is 0 Å². The van der Waals surface area contributed by atoms with E-state index in [1.165, 1.54) is 44.9 Å². The topological polar surface area (TPSA) is 40.5 Å². The van der Waals surface area contributed by atoms with Crippen molar-refractivity contribution >= 4 is 0 Å². The molecule has 0 heterocycles. The average Bonchev–Trinajstić information content (AvgIpc) is 2.86. The molecule has 4 rings (SSSR count). The molecule has 0 saturated heterocycles. The molecule has 4 saturated carbocycles. The van der Waals surface area contributed by atoms with Crippen LogP contribution in [0.4, 0.5) is 0 Å². The Hall–Kier alpha value is -0.0800. The van der Waals surface area contributed by atoms with Crippen molar-refractivity contribution in [2.45, 2.75) is 97.2 Å². The van der Waals surface area contributed by atoms with E-state index < -0.39 is 5.60 Å². The molecule has 4 fully saturated rings. The van der Waals surface area contributed by atoms with Gasteiger partial charge in [-0.25, -0.2) is 0 Å². The highest BCUT2D eigenvalue weighted by molar-refractivity contribution is 5.09. The van der Waals surface area contributed by atoms with Gasteiger partial charge in [-0.05, 0) is 112 Å². The van der Waals surface area contributed by atoms with Crippen LogP contribution in [0, 0.1) is 46.8 Å². The van der Waals surface area contributed by atoms with E-state index in [0.29, 0.717) is 11.3 Å². The van der Waals surface area contributed by atoms with Gasteiger partial charge < -0.3 is 10.2 Å². The lowest BCUT2D eigenvalue weighted by Crippen LogP contribution is -2.52. The first kappa shape index (κ1) is 18.3. The summed E-state index contributed by atoms with van der Waals surface area (Å²) in [4.78, 5) is 0. The normalized spacial score (nSPS) is 56.6. The van der Waals surface area contributed by atoms with Gasteiger partial charge in [0.25, 0.3) is 0 Å². The number of hydrogen-bond acceptors (Lipinski definition) is 2. The standard InChI is InChI=1S/C23H40O2/c1-5-15-12-20(14(2)24)23(4)11-9-18-17-8-10-22(3,25)13-16(17)6-7-19(18)21(15)23/h14-21,24-25H,5-13H2,1-4H3/t14?,15?,16-,17+,18-,19-,20+,21+,22-,23-/m1/s1. The van der Waals surface area contributed by atoms with Gasteiger partial charge in [0.2, 0.25) is 0 Å². The number of fused-ring (bicyclic) bond motifs is 5. The minimum atomic E-state index is -0.409. The van der Waals surface area contributed by atoms with Gasteiger partial charge in [-0.1, -0.05) is 20.3 Å². The molecule has 0 aromatic carbocycles. The van der Waals surface area contributed by atoms with Gasteiger partial charge in [-0.3, -0.25) is 0 Å². The first-order valence-corrected chi connectivity index (χ1v) is 11.2. The van der Waals surface area contributed by atoms with Crippen molar-refractivity contribution in [3.63, 3.8) is 0 Å². The Morgan fingerprint density at radius 1 is 1.00 bits per heavy atom. The van der Waals surface area contributed by atoms with E-state index in [0.717, 1.165) is 48.3 Å². The summed E-state index contributed by atoms with van der Waals surface area (Å²) in [5.74, 6) is 5.58. The Kier molecular flexibility index (Phi) is 4.56. The van der Waals surface area contributed by atoms with Crippen LogP contribution in [0.2, 0.25) is 0 Å². The quantitative estimate of drug-likeness (QED) is 0.735. The molecular weight excluding hydrogens is 308 g/mol. The summed E-state index contributed by atoms with van der Waals surface area (Å²) in [6.07, 6.45) is 11.1. The fourth-order valence-corrected chi connectivity index (χ4v) is 8.59. The predicted molar refractivity (Wildman–Crippen MR) is 102 cm³/mol. The van der Waals surface area contributed by atoms with Crippen molar-refractivity contribution in [3.05, 3.63) is 0 Å². The maximum Gasteiger partial charge on any atom is 0.0622 e. The van der Waals surface area contributed by atoms with Crippen LogP contribution >= 0.6 is 0 Å². The summed E-state index contributed by atoms with van der Waals surface area (Å²) >= 11 is 0. The van der Waals surface area contributed by atoms with Crippen LogP contribution in [0.3, 0.4) is 0 Å². The number of aliphatic hydroxyl groups is 2. The van der Waals surface area contributed by atoms with Crippen LogP contribution < -0.4 is 0 Å². The largest absolute Gasteiger partial charge is 0.393 e. The van der Waals surface area contributed by atoms with Crippen LogP contribution in [0.15, 0.2) is 0 Å². The minimum absolute atomic E-state index is 0.151. The highest BCUT2D eigenvalue weighted by atomic mass is 16.3. The van der Waals surface area contributed by atoms with E-state index in [9.17, 15) is 10.2 Å². The molecule has 2 unspecified atom stereocenters. The van der Waals surface area contributed by atoms with Crippen LogP contribution in [0.1, 0.15) is 85.5 Å². The predicted octanol–water partition coefficient (Wildman–Crippen LogP) is 5.02. The zero-order valence-corrected chi connectivity index (χ0v) is 16.9. The van der Waals surface area contributed by atoms with Crippen molar-refractivity contribution in [2.75, 3.05) is 0 Å². The Labute approximate surface area is 154 Å². The molecule has 0 bridgehead atoms. The SMILES string of the molecule is CCC1C[C@@H](C(C)O)[C@@]2(C)CC[C@H]3[C@@H](CC[C@@H]4C[C@](C)(O)CC[C@@H]43)[C@H]12. The van der Waals surface area contributed by atoms with Gasteiger partial charge in [0.05, 0.1) is 11.7 Å². The second-order valence-electron chi connectivity index (χ2n) is 10.9. The average molecular weight is 349 g/mol. The van der Waals surface area contributed by atoms with E-state index in [2.05, 4.69) is 20.8 Å². The first-order valence-electron chi connectivity index (χ1n) is 11.2. The van der Waals surface area contributed by atoms with Crippen molar-refractivity contribution in [3.8, 4) is 0 Å². The van der Waals surface area contributed by atoms with Crippen molar-refractivity contribution < 1.29 is 10.2 Å². The summed E-state index contributed by atoms with van der Waals surface area (Å²) in [7, 11) is 0. The second-order valence-corrected chi connectivity index (χ2v) is 10.9. The molecule has 0 spiro atoms. The van der Waals surface area contributed by atoms with Gasteiger partial charge in [-0.15, -0.1) is 0 Å². The highest BCUT2D eigenvalue weighted by Gasteiger charge is 2.60. The fraction of sp³-hybridized carbons (Fsp3) is 1.00. The lowest BCUT2D eigenvalue weighted by molar-refractivity contribution is -0.112. The molecule has 0 aliphatic heterocycles. The maximum atomic E-state index is 10.5. The monoisotopic (exact) mass is 348 g/mol. The number of rotatable bonds is 2. The summed E-state index contributed by atoms with van der Waals surface area (Å²) < 4.78 is 0. The molecular formula is C23H40O2. The summed E-state index contributed by atoms with van der Waals surface area (Å²) in [5.41, 5.74) is -0.0447. The van der Waals surface area contributed by atoms with E-state index in [1.807, 2.05) is 6.92 Å². The molecule has 0 aromatic heterocycles. The Morgan fingerprint density at radius 2 is 1.72 bits per heavy atom. The van der Waals surface area contributed by atoms with Crippen LogP contribution in [-0.2, 0) is 0 Å². The number of aliphatic hydroxyl groups excluding tert-OH is 1. The molecule has 144 valence electrons. The zero-order chi connectivity index (χ0) is 18.0. The molecule has 2 nitrogen and oxygen atoms in total. The van der Waals surface area contributed by atoms with E-state index >= 15 is 0 Å². The molecule has 25 heavy (non-hydrogen) atoms. The zero-order valence-electron chi connectivity index (χ0n) is 16.9. The summed E-state index contributed by atoms with van der Waals surface area (Å²) in [6, 6.07) is 0. The van der Waals surface area contributed by atoms with Crippen molar-refractivity contribution in [2.24, 2.45) is 46.8 Å². The maximum absolute atomic E-state index is 10.5. The van der Waals surface area contributed by atoms with Crippen LogP contribution in [0.5, 0.6) is 0 Å². The molecule has 0 amide bonds. The van der Waals surface area contributed by atoms with E-state index in [1.54, 1.807) is 0 Å². The lowest BCUT2D eigenvalue weighted by atomic mass is 9.48. The Morgan fingerprint density at radius 3 is 2.40 bits per heavy atom. The third-order valence-corrected chi connectivity index (χ3v) is 9.55. The summed E-state index contributed by atoms with van der Waals surface area (Å²) in [5, 5.41) is 21.0. The fourth-order valence-electron chi connectivity index (χ4n) is 8.59. The van der Waals surface area contributed by atoms with Gasteiger partial charge in [-0.2, -0.15) is 0 Å². The third kappa shape index (κ3) is 2.81. The Bertz CT molecular complexity index is 498. The summed E-state index contributed by atoms with van der Waals surface area (Å²) in [6.45, 7) is 9.00. The lowest BCUT2D eigenvalue weighted by Gasteiger charge is -2.58. The molecule has 0 radical (unpaired) electrons. The third-order valence-electron chi connectivity index (χ3n) is 9.55. The minimum Gasteiger partial charge on any atom is -0.393 e. The molecule has 2 heteroatoms. The van der Waals surface area contributed by atoms with Crippen molar-refractivity contribution in [1.82, 2.24) is 0 Å². The smallest absolute Gasteiger partial charge is 0.0622 e. The molecule has 4 aliphatic rings. The van der Waals surface area contributed by atoms with Gasteiger partial charge in [0, 0.05) is 0 Å². The van der Waals surface area contributed by atoms with E-state index in [4.69, 9.17) is 0 Å². The highest BCUT2D eigenvalue weighted by Crippen LogP contribution is 2.67. The molecule has 10 atom stereocenters. The van der Waals surface area contributed by atoms with Gasteiger partial charge in [0.15, 0.2) is 0 Å².